The Labute approximate surface area is 379 Å². The van der Waals surface area contributed by atoms with Gasteiger partial charge in [0.25, 0.3) is 0 Å². The molecule has 0 radical (unpaired) electrons. The predicted octanol–water partition coefficient (Wildman–Crippen LogP) is 12.2. The van der Waals surface area contributed by atoms with Crippen LogP contribution in [-0.4, -0.2) is 48.2 Å². The number of ether oxygens (including phenoxy) is 4. The highest BCUT2D eigenvalue weighted by molar-refractivity contribution is 9.12. The second kappa shape index (κ2) is 18.2. The SMILES string of the molecule is CC(OC(=O)c1cc(C(=O)Oc2c(Br)cc(Br)cc2Br)c(C(=O)Oc2c(Br)cc(Br)cc2Br)cc1C(=O)Oc1c(Br)cc(Br)cc1Br)C(F)(F)S(=O)(=O)O. The van der Waals surface area contributed by atoms with Crippen LogP contribution in [0.1, 0.15) is 48.4 Å². The zero-order valence-electron chi connectivity index (χ0n) is 25.8. The smallest absolute Gasteiger partial charge is 0.405 e. The zero-order valence-corrected chi connectivity index (χ0v) is 40.9. The molecule has 0 aliphatic heterocycles. The molecule has 0 heterocycles. The summed E-state index contributed by atoms with van der Waals surface area (Å²) in [5.74, 6) is -6.15. The van der Waals surface area contributed by atoms with Crippen LogP contribution in [0.2, 0.25) is 0 Å². The number of alkyl halides is 2. The monoisotopic (exact) mass is 1340 g/mol. The minimum Gasteiger partial charge on any atom is -0.451 e. The lowest BCUT2D eigenvalue weighted by atomic mass is 9.97. The van der Waals surface area contributed by atoms with Crippen molar-refractivity contribution in [1.82, 2.24) is 0 Å². The van der Waals surface area contributed by atoms with Crippen molar-refractivity contribution < 1.29 is 59.9 Å². The molecule has 0 aliphatic rings. The molecule has 0 aliphatic carbocycles. The van der Waals surface area contributed by atoms with E-state index in [0.717, 1.165) is 0 Å². The molecule has 0 amide bonds. The van der Waals surface area contributed by atoms with E-state index in [4.69, 9.17) is 23.5 Å². The summed E-state index contributed by atoms with van der Waals surface area (Å²) in [4.78, 5) is 55.3. The van der Waals surface area contributed by atoms with Crippen LogP contribution in [0.15, 0.2) is 88.8 Å². The van der Waals surface area contributed by atoms with Gasteiger partial charge in [0.2, 0.25) is 0 Å². The Hall–Kier alpha value is -1.15. The molecule has 23 heteroatoms. The highest BCUT2D eigenvalue weighted by Crippen LogP contribution is 2.40. The number of benzene rings is 4. The highest BCUT2D eigenvalue weighted by Gasteiger charge is 2.52. The van der Waals surface area contributed by atoms with Crippen molar-refractivity contribution in [3.05, 3.63) is 111 Å². The molecule has 286 valence electrons. The van der Waals surface area contributed by atoms with Crippen molar-refractivity contribution >= 4 is 177 Å². The number of halogens is 11. The number of carbonyl (C=O) groups is 4. The van der Waals surface area contributed by atoms with E-state index >= 15 is 0 Å². The Morgan fingerprint density at radius 1 is 0.537 bits per heavy atom. The summed E-state index contributed by atoms with van der Waals surface area (Å²) in [6.45, 7) is 0.456. The number of hydrogen-bond acceptors (Lipinski definition) is 10. The first-order chi connectivity index (χ1) is 24.9. The molecule has 1 unspecified atom stereocenters. The first-order valence-electron chi connectivity index (χ1n) is 13.8. The normalized spacial score (nSPS) is 12.2. The van der Waals surface area contributed by atoms with Crippen LogP contribution in [-0.2, 0) is 14.9 Å². The van der Waals surface area contributed by atoms with E-state index in [1.165, 1.54) is 36.4 Å². The Kier molecular flexibility index (Phi) is 15.3. The minimum atomic E-state index is -6.11. The van der Waals surface area contributed by atoms with E-state index in [0.29, 0.717) is 32.5 Å². The predicted molar refractivity (Wildman–Crippen MR) is 221 cm³/mol. The Morgan fingerprint density at radius 2 is 0.778 bits per heavy atom. The molecule has 4 rings (SSSR count). The molecule has 0 aromatic heterocycles. The van der Waals surface area contributed by atoms with Crippen molar-refractivity contribution in [2.45, 2.75) is 18.3 Å². The average Bonchev–Trinajstić information content (AvgIpc) is 3.04. The largest absolute Gasteiger partial charge is 0.451 e. The van der Waals surface area contributed by atoms with Crippen molar-refractivity contribution in [2.75, 3.05) is 0 Å². The maximum atomic E-state index is 14.5. The van der Waals surface area contributed by atoms with Crippen molar-refractivity contribution in [3.63, 3.8) is 0 Å². The van der Waals surface area contributed by atoms with Gasteiger partial charge in [-0.15, -0.1) is 0 Å². The van der Waals surface area contributed by atoms with Gasteiger partial charge >= 0.3 is 39.2 Å². The standard InChI is InChI=1S/C31H13Br9F2O11S/c1-10(31(41,42)54(47,48)49)50-27(43)14-8-16(29(45)52-25-20(37)4-12(33)5-21(25)38)17(30(46)53-26-22(39)6-13(34)7-23(26)40)9-15(14)28(44)51-24-18(35)2-11(32)3-19(24)36/h2-10H,1H3,(H,47,48,49). The van der Waals surface area contributed by atoms with E-state index in [9.17, 15) is 36.4 Å². The lowest BCUT2D eigenvalue weighted by Gasteiger charge is -2.22. The average molecular weight is 1350 g/mol. The molecule has 0 bridgehead atoms. The number of rotatable bonds is 10. The summed E-state index contributed by atoms with van der Waals surface area (Å²) < 4.78 is 85.4. The van der Waals surface area contributed by atoms with Crippen LogP contribution in [0, 0.1) is 0 Å². The Balaban J connectivity index is 1.98. The van der Waals surface area contributed by atoms with E-state index in [2.05, 4.69) is 143 Å². The van der Waals surface area contributed by atoms with Crippen LogP contribution >= 0.6 is 143 Å². The molecule has 4 aromatic carbocycles. The summed E-state index contributed by atoms with van der Waals surface area (Å²) >= 11 is 29.4. The Bertz CT molecular complexity index is 2290. The molecule has 11 nitrogen and oxygen atoms in total. The van der Waals surface area contributed by atoms with Crippen molar-refractivity contribution in [2.24, 2.45) is 0 Å². The minimum absolute atomic E-state index is 0.0856. The fraction of sp³-hybridized carbons (Fsp3) is 0.0968. The molecule has 54 heavy (non-hydrogen) atoms. The second-order valence-electron chi connectivity index (χ2n) is 10.3. The topological polar surface area (TPSA) is 160 Å². The molecular formula is C31H13Br9F2O11S. The highest BCUT2D eigenvalue weighted by atomic mass is 79.9. The van der Waals surface area contributed by atoms with Crippen LogP contribution in [0.25, 0.3) is 0 Å². The lowest BCUT2D eigenvalue weighted by molar-refractivity contribution is -0.0550. The number of carbonyl (C=O) groups excluding carboxylic acids is 4. The third-order valence-corrected chi connectivity index (χ3v) is 12.5. The van der Waals surface area contributed by atoms with Gasteiger partial charge in [-0.05, 0) is 151 Å². The molecule has 0 spiro atoms. The zero-order chi connectivity index (χ0) is 40.6. The quantitative estimate of drug-likeness (QED) is 0.0914. The first kappa shape index (κ1) is 45.6. The van der Waals surface area contributed by atoms with Gasteiger partial charge in [0.15, 0.2) is 23.4 Å². The van der Waals surface area contributed by atoms with E-state index < -0.39 is 67.6 Å². The molecule has 4 aromatic rings. The van der Waals surface area contributed by atoms with Crippen LogP contribution in [0.4, 0.5) is 8.78 Å². The Morgan fingerprint density at radius 3 is 1.02 bits per heavy atom. The van der Waals surface area contributed by atoms with Gasteiger partial charge in [-0.3, -0.25) is 4.55 Å². The first-order valence-corrected chi connectivity index (χ1v) is 22.3. The van der Waals surface area contributed by atoms with Crippen molar-refractivity contribution in [1.29, 1.82) is 0 Å². The van der Waals surface area contributed by atoms with Gasteiger partial charge in [-0.1, -0.05) is 47.8 Å². The second-order valence-corrected chi connectivity index (χ2v) is 19.7. The maximum Gasteiger partial charge on any atom is 0.405 e. The molecule has 1 atom stereocenters. The van der Waals surface area contributed by atoms with Crippen LogP contribution in [0.3, 0.4) is 0 Å². The molecule has 0 saturated carbocycles. The third kappa shape index (κ3) is 10.5. The van der Waals surface area contributed by atoms with Gasteiger partial charge in [0, 0.05) is 13.4 Å². The van der Waals surface area contributed by atoms with Gasteiger partial charge in [0.1, 0.15) is 0 Å². The maximum absolute atomic E-state index is 14.5. The summed E-state index contributed by atoms with van der Waals surface area (Å²) in [6, 6.07) is 10.4. The fourth-order valence-electron chi connectivity index (χ4n) is 4.10. The van der Waals surface area contributed by atoms with E-state index in [1.54, 1.807) is 0 Å². The van der Waals surface area contributed by atoms with Gasteiger partial charge in [-0.25, -0.2) is 19.2 Å². The van der Waals surface area contributed by atoms with Gasteiger partial charge in [0.05, 0.1) is 49.1 Å². The summed E-state index contributed by atoms with van der Waals surface area (Å²) in [5.41, 5.74) is -3.26. The summed E-state index contributed by atoms with van der Waals surface area (Å²) in [5, 5.41) is -5.02. The summed E-state index contributed by atoms with van der Waals surface area (Å²) in [7, 11) is -6.11. The number of hydrogen-bond donors (Lipinski definition) is 1. The molecule has 0 saturated heterocycles. The van der Waals surface area contributed by atoms with Crippen molar-refractivity contribution in [3.8, 4) is 17.2 Å². The number of esters is 4. The van der Waals surface area contributed by atoms with Gasteiger partial charge in [-0.2, -0.15) is 17.2 Å². The van der Waals surface area contributed by atoms with E-state index in [1.807, 2.05) is 0 Å². The molecule has 0 fully saturated rings. The van der Waals surface area contributed by atoms with E-state index in [-0.39, 0.29) is 44.1 Å². The van der Waals surface area contributed by atoms with Crippen LogP contribution < -0.4 is 14.2 Å². The fourth-order valence-corrected chi connectivity index (χ4v) is 11.8. The lowest BCUT2D eigenvalue weighted by Crippen LogP contribution is -2.42. The van der Waals surface area contributed by atoms with Crippen LogP contribution in [0.5, 0.6) is 17.2 Å². The molecular weight excluding hydrogens is 1340 g/mol. The summed E-state index contributed by atoms with van der Waals surface area (Å²) in [6.07, 6.45) is -2.85. The van der Waals surface area contributed by atoms with Gasteiger partial charge < -0.3 is 18.9 Å². The third-order valence-electron chi connectivity index (χ3n) is 6.61. The molecule has 1 N–H and O–H groups in total.